The largest absolute Gasteiger partial charge is 0.379 e. The van der Waals surface area contributed by atoms with Crippen LogP contribution in [-0.2, 0) is 9.47 Å². The van der Waals surface area contributed by atoms with Gasteiger partial charge in [0.15, 0.2) is 0 Å². The second-order valence-electron chi connectivity index (χ2n) is 5.20. The molecule has 0 bridgehead atoms. The minimum atomic E-state index is 0.241. The monoisotopic (exact) mass is 242 g/mol. The van der Waals surface area contributed by atoms with E-state index in [1.165, 1.54) is 32.5 Å². The smallest absolute Gasteiger partial charge is 0.0936 e. The van der Waals surface area contributed by atoms with E-state index in [0.29, 0.717) is 6.10 Å². The molecule has 1 N–H and O–H groups in total. The van der Waals surface area contributed by atoms with E-state index >= 15 is 0 Å². The summed E-state index contributed by atoms with van der Waals surface area (Å²) in [5, 5.41) is 3.36. The number of likely N-dealkylation sites (tertiary alicyclic amines) is 1. The van der Waals surface area contributed by atoms with Gasteiger partial charge < -0.3 is 19.7 Å². The van der Waals surface area contributed by atoms with Crippen molar-refractivity contribution < 1.29 is 9.47 Å². The van der Waals surface area contributed by atoms with Gasteiger partial charge in [-0.05, 0) is 39.3 Å². The molecule has 2 heterocycles. The van der Waals surface area contributed by atoms with Crippen LogP contribution in [0, 0.1) is 0 Å². The van der Waals surface area contributed by atoms with E-state index in [1.807, 2.05) is 0 Å². The molecule has 0 radical (unpaired) electrons. The molecule has 2 aliphatic rings. The molecule has 0 aromatic heterocycles. The second-order valence-corrected chi connectivity index (χ2v) is 5.20. The molecule has 100 valence electrons. The van der Waals surface area contributed by atoms with E-state index in [4.69, 9.17) is 9.47 Å². The van der Waals surface area contributed by atoms with Gasteiger partial charge in [0.1, 0.15) is 0 Å². The quantitative estimate of drug-likeness (QED) is 0.701. The molecule has 17 heavy (non-hydrogen) atoms. The standard InChI is InChI=1S/C13H26N2O2/c1-12-9-14-10-13(17-12)11-16-8-4-7-15-5-2-3-6-15/h12-14H,2-11H2,1H3. The van der Waals surface area contributed by atoms with Gasteiger partial charge in [-0.15, -0.1) is 0 Å². The number of ether oxygens (including phenoxy) is 2. The van der Waals surface area contributed by atoms with Crippen LogP contribution in [0.1, 0.15) is 26.2 Å². The highest BCUT2D eigenvalue weighted by atomic mass is 16.5. The van der Waals surface area contributed by atoms with Gasteiger partial charge in [-0.3, -0.25) is 0 Å². The Morgan fingerprint density at radius 1 is 1.29 bits per heavy atom. The van der Waals surface area contributed by atoms with Gasteiger partial charge in [0.25, 0.3) is 0 Å². The Morgan fingerprint density at radius 3 is 2.88 bits per heavy atom. The van der Waals surface area contributed by atoms with Crippen molar-refractivity contribution in [3.8, 4) is 0 Å². The van der Waals surface area contributed by atoms with Crippen molar-refractivity contribution in [2.45, 2.75) is 38.4 Å². The SMILES string of the molecule is CC1CNCC(COCCCN2CCCC2)O1. The van der Waals surface area contributed by atoms with Crippen LogP contribution >= 0.6 is 0 Å². The normalized spacial score (nSPS) is 30.9. The van der Waals surface area contributed by atoms with Gasteiger partial charge >= 0.3 is 0 Å². The third-order valence-electron chi connectivity index (χ3n) is 3.49. The molecule has 0 saturated carbocycles. The molecule has 2 unspecified atom stereocenters. The lowest BCUT2D eigenvalue weighted by Gasteiger charge is -2.28. The lowest BCUT2D eigenvalue weighted by Crippen LogP contribution is -2.45. The number of hydrogen-bond acceptors (Lipinski definition) is 4. The summed E-state index contributed by atoms with van der Waals surface area (Å²) in [5.41, 5.74) is 0. The Balaban J connectivity index is 1.45. The maximum Gasteiger partial charge on any atom is 0.0936 e. The summed E-state index contributed by atoms with van der Waals surface area (Å²) in [6.07, 6.45) is 4.46. The second kappa shape index (κ2) is 7.31. The van der Waals surface area contributed by atoms with Crippen LogP contribution in [-0.4, -0.2) is 63.0 Å². The van der Waals surface area contributed by atoms with Gasteiger partial charge in [0, 0.05) is 26.2 Å². The first-order chi connectivity index (χ1) is 8.34. The van der Waals surface area contributed by atoms with E-state index in [2.05, 4.69) is 17.1 Å². The lowest BCUT2D eigenvalue weighted by atomic mass is 10.2. The molecule has 0 aromatic rings. The first kappa shape index (κ1) is 13.3. The summed E-state index contributed by atoms with van der Waals surface area (Å²) < 4.78 is 11.5. The molecule has 4 heteroatoms. The Bertz CT molecular complexity index is 208. The van der Waals surface area contributed by atoms with Crippen LogP contribution in [0.25, 0.3) is 0 Å². The van der Waals surface area contributed by atoms with Gasteiger partial charge in [-0.2, -0.15) is 0 Å². The molecule has 4 nitrogen and oxygen atoms in total. The highest BCUT2D eigenvalue weighted by molar-refractivity contribution is 4.71. The number of hydrogen-bond donors (Lipinski definition) is 1. The first-order valence-corrected chi connectivity index (χ1v) is 7.01. The molecular formula is C13H26N2O2. The highest BCUT2D eigenvalue weighted by Gasteiger charge is 2.18. The predicted molar refractivity (Wildman–Crippen MR) is 68.3 cm³/mol. The van der Waals surface area contributed by atoms with Crippen LogP contribution in [0.2, 0.25) is 0 Å². The van der Waals surface area contributed by atoms with Crippen molar-refractivity contribution in [1.29, 1.82) is 0 Å². The van der Waals surface area contributed by atoms with Crippen LogP contribution in [0.4, 0.5) is 0 Å². The fourth-order valence-electron chi connectivity index (χ4n) is 2.58. The van der Waals surface area contributed by atoms with Crippen molar-refractivity contribution in [3.63, 3.8) is 0 Å². The van der Waals surface area contributed by atoms with Crippen molar-refractivity contribution in [2.75, 3.05) is 45.9 Å². The summed E-state index contributed by atoms with van der Waals surface area (Å²) >= 11 is 0. The molecule has 2 aliphatic heterocycles. The van der Waals surface area contributed by atoms with E-state index in [-0.39, 0.29) is 6.10 Å². The van der Waals surface area contributed by atoms with E-state index < -0.39 is 0 Å². The zero-order chi connectivity index (χ0) is 11.9. The van der Waals surface area contributed by atoms with Crippen LogP contribution in [0.15, 0.2) is 0 Å². The molecule has 0 aliphatic carbocycles. The van der Waals surface area contributed by atoms with Crippen molar-refractivity contribution in [2.24, 2.45) is 0 Å². The number of morpholine rings is 1. The molecule has 0 amide bonds. The zero-order valence-corrected chi connectivity index (χ0v) is 11.0. The summed E-state index contributed by atoms with van der Waals surface area (Å²) in [6.45, 7) is 9.36. The Labute approximate surface area is 105 Å². The fourth-order valence-corrected chi connectivity index (χ4v) is 2.58. The summed E-state index contributed by atoms with van der Waals surface area (Å²) in [6, 6.07) is 0. The number of rotatable bonds is 6. The van der Waals surface area contributed by atoms with Crippen molar-refractivity contribution >= 4 is 0 Å². The molecule has 2 atom stereocenters. The topological polar surface area (TPSA) is 33.7 Å². The Hall–Kier alpha value is -0.160. The van der Waals surface area contributed by atoms with Gasteiger partial charge in [0.2, 0.25) is 0 Å². The zero-order valence-electron chi connectivity index (χ0n) is 11.0. The first-order valence-electron chi connectivity index (χ1n) is 7.01. The molecule has 2 rings (SSSR count). The third kappa shape index (κ3) is 4.92. The summed E-state index contributed by atoms with van der Waals surface area (Å²) in [7, 11) is 0. The minimum absolute atomic E-state index is 0.241. The Morgan fingerprint density at radius 2 is 2.12 bits per heavy atom. The molecule has 0 aromatic carbocycles. The number of nitrogens with zero attached hydrogens (tertiary/aromatic N) is 1. The third-order valence-corrected chi connectivity index (χ3v) is 3.49. The van der Waals surface area contributed by atoms with Gasteiger partial charge in [-0.25, -0.2) is 0 Å². The average molecular weight is 242 g/mol. The van der Waals surface area contributed by atoms with E-state index in [1.54, 1.807) is 0 Å². The molecule has 0 spiro atoms. The minimum Gasteiger partial charge on any atom is -0.379 e. The summed E-state index contributed by atoms with van der Waals surface area (Å²) in [4.78, 5) is 2.53. The van der Waals surface area contributed by atoms with E-state index in [0.717, 1.165) is 32.7 Å². The average Bonchev–Trinajstić information content (AvgIpc) is 2.82. The van der Waals surface area contributed by atoms with Crippen LogP contribution in [0.3, 0.4) is 0 Å². The van der Waals surface area contributed by atoms with Gasteiger partial charge in [-0.1, -0.05) is 0 Å². The van der Waals surface area contributed by atoms with Crippen LogP contribution < -0.4 is 5.32 Å². The van der Waals surface area contributed by atoms with Gasteiger partial charge in [0.05, 0.1) is 18.8 Å². The van der Waals surface area contributed by atoms with E-state index in [9.17, 15) is 0 Å². The fraction of sp³-hybridized carbons (Fsp3) is 1.00. The molecule has 2 fully saturated rings. The molecule has 2 saturated heterocycles. The maximum atomic E-state index is 5.77. The van der Waals surface area contributed by atoms with Crippen molar-refractivity contribution in [3.05, 3.63) is 0 Å². The summed E-state index contributed by atoms with van der Waals surface area (Å²) in [5.74, 6) is 0. The predicted octanol–water partition coefficient (Wildman–Crippen LogP) is 0.866. The molecular weight excluding hydrogens is 216 g/mol. The van der Waals surface area contributed by atoms with Crippen LogP contribution in [0.5, 0.6) is 0 Å². The lowest BCUT2D eigenvalue weighted by molar-refractivity contribution is -0.0690. The maximum absolute atomic E-state index is 5.77. The number of nitrogens with one attached hydrogen (secondary N) is 1. The highest BCUT2D eigenvalue weighted by Crippen LogP contribution is 2.08. The van der Waals surface area contributed by atoms with Crippen molar-refractivity contribution in [1.82, 2.24) is 10.2 Å². The Kier molecular flexibility index (Phi) is 5.71.